The van der Waals surface area contributed by atoms with Gasteiger partial charge in [-0.2, -0.15) is 0 Å². The summed E-state index contributed by atoms with van der Waals surface area (Å²) in [5.74, 6) is 0.239. The summed E-state index contributed by atoms with van der Waals surface area (Å²) in [4.78, 5) is 2.22. The molecular formula is C10H19NO2S. The fourth-order valence-electron chi connectivity index (χ4n) is 2.11. The van der Waals surface area contributed by atoms with Crippen molar-refractivity contribution < 1.29 is 8.42 Å². The Morgan fingerprint density at radius 3 is 2.00 bits per heavy atom. The van der Waals surface area contributed by atoms with E-state index >= 15 is 0 Å². The average Bonchev–Trinajstić information content (AvgIpc) is 2.28. The molecule has 0 aromatic rings. The number of hydrogen-bond acceptors (Lipinski definition) is 3. The highest BCUT2D eigenvalue weighted by Crippen LogP contribution is 2.19. The van der Waals surface area contributed by atoms with Gasteiger partial charge in [0.2, 0.25) is 0 Å². The maximum absolute atomic E-state index is 11.3. The van der Waals surface area contributed by atoms with Crippen LogP contribution in [-0.2, 0) is 9.84 Å². The Morgan fingerprint density at radius 1 is 1.21 bits per heavy atom. The minimum Gasteiger partial charge on any atom is -0.291 e. The molecule has 1 atom stereocenters. The lowest BCUT2D eigenvalue weighted by molar-refractivity contribution is 0.150. The van der Waals surface area contributed by atoms with E-state index in [1.807, 2.05) is 0 Å². The molecule has 0 saturated carbocycles. The molecule has 1 aliphatic heterocycles. The molecule has 0 N–H and O–H groups in total. The van der Waals surface area contributed by atoms with Crippen LogP contribution in [-0.4, -0.2) is 37.2 Å². The van der Waals surface area contributed by atoms with Gasteiger partial charge in [0.25, 0.3) is 0 Å². The summed E-state index contributed by atoms with van der Waals surface area (Å²) < 4.78 is 22.6. The molecule has 3 nitrogen and oxygen atoms in total. The Morgan fingerprint density at radius 2 is 1.71 bits per heavy atom. The van der Waals surface area contributed by atoms with Gasteiger partial charge in [0.15, 0.2) is 9.84 Å². The van der Waals surface area contributed by atoms with Crippen molar-refractivity contribution in [1.29, 1.82) is 0 Å². The van der Waals surface area contributed by atoms with Crippen LogP contribution in [0.25, 0.3) is 0 Å². The summed E-state index contributed by atoms with van der Waals surface area (Å²) in [5.41, 5.74) is 0. The lowest BCUT2D eigenvalue weighted by atomic mass is 10.1. The number of rotatable bonds is 3. The summed E-state index contributed by atoms with van der Waals surface area (Å²) >= 11 is 0. The third-order valence-corrected chi connectivity index (χ3v) is 3.86. The van der Waals surface area contributed by atoms with Gasteiger partial charge in [0.05, 0.1) is 5.75 Å². The van der Waals surface area contributed by atoms with Crippen molar-refractivity contribution >= 4 is 9.84 Å². The van der Waals surface area contributed by atoms with Gasteiger partial charge in [-0.1, -0.05) is 6.08 Å². The van der Waals surface area contributed by atoms with Crippen LogP contribution in [0.5, 0.6) is 0 Å². The van der Waals surface area contributed by atoms with Crippen LogP contribution < -0.4 is 0 Å². The molecule has 82 valence electrons. The monoisotopic (exact) mass is 217 g/mol. The molecule has 1 aliphatic rings. The number of hydrogen-bond donors (Lipinski definition) is 0. The van der Waals surface area contributed by atoms with Crippen molar-refractivity contribution in [2.45, 2.75) is 45.8 Å². The Bertz CT molecular complexity index is 309. The van der Waals surface area contributed by atoms with E-state index in [0.717, 1.165) is 0 Å². The zero-order valence-corrected chi connectivity index (χ0v) is 10.1. The standard InChI is InChI=1S/C10H19NO2S/c1-8(2)11(9(3)4)10-5-6-14(12,13)7-10/h5-6,8-10H,7H2,1-4H3. The summed E-state index contributed by atoms with van der Waals surface area (Å²) in [6.45, 7) is 8.38. The minimum atomic E-state index is -2.93. The number of sulfone groups is 1. The van der Waals surface area contributed by atoms with Crippen LogP contribution >= 0.6 is 0 Å². The van der Waals surface area contributed by atoms with E-state index in [1.165, 1.54) is 5.41 Å². The van der Waals surface area contributed by atoms with E-state index in [2.05, 4.69) is 32.6 Å². The lowest BCUT2D eigenvalue weighted by Gasteiger charge is -2.34. The van der Waals surface area contributed by atoms with Crippen LogP contribution in [0.3, 0.4) is 0 Å². The molecule has 0 amide bonds. The Kier molecular flexibility index (Phi) is 3.37. The van der Waals surface area contributed by atoms with Gasteiger partial charge >= 0.3 is 0 Å². The lowest BCUT2D eigenvalue weighted by Crippen LogP contribution is -2.45. The second-order valence-electron chi connectivity index (χ2n) is 4.36. The van der Waals surface area contributed by atoms with E-state index in [-0.39, 0.29) is 11.8 Å². The molecule has 0 spiro atoms. The molecule has 0 bridgehead atoms. The highest BCUT2D eigenvalue weighted by molar-refractivity contribution is 7.94. The fraction of sp³-hybridized carbons (Fsp3) is 0.800. The topological polar surface area (TPSA) is 37.4 Å². The molecule has 0 saturated heterocycles. The van der Waals surface area contributed by atoms with E-state index in [0.29, 0.717) is 12.1 Å². The van der Waals surface area contributed by atoms with Crippen LogP contribution in [0, 0.1) is 0 Å². The predicted molar refractivity (Wildman–Crippen MR) is 58.8 cm³/mol. The van der Waals surface area contributed by atoms with Crippen LogP contribution in [0.1, 0.15) is 27.7 Å². The highest BCUT2D eigenvalue weighted by Gasteiger charge is 2.29. The molecule has 1 heterocycles. The van der Waals surface area contributed by atoms with Crippen molar-refractivity contribution in [3.63, 3.8) is 0 Å². The zero-order chi connectivity index (χ0) is 10.9. The molecule has 0 radical (unpaired) electrons. The van der Waals surface area contributed by atoms with E-state index in [9.17, 15) is 8.42 Å². The Hall–Kier alpha value is -0.350. The van der Waals surface area contributed by atoms with Crippen LogP contribution in [0.2, 0.25) is 0 Å². The van der Waals surface area contributed by atoms with Crippen molar-refractivity contribution in [3.8, 4) is 0 Å². The quantitative estimate of drug-likeness (QED) is 0.717. The smallest absolute Gasteiger partial charge is 0.173 e. The Labute approximate surface area is 86.7 Å². The normalized spacial score (nSPS) is 25.5. The molecule has 0 aliphatic carbocycles. The summed E-state index contributed by atoms with van der Waals surface area (Å²) in [7, 11) is -2.93. The van der Waals surface area contributed by atoms with Gasteiger partial charge in [-0.3, -0.25) is 4.90 Å². The van der Waals surface area contributed by atoms with Crippen molar-refractivity contribution in [2.24, 2.45) is 0 Å². The van der Waals surface area contributed by atoms with Crippen LogP contribution in [0.4, 0.5) is 0 Å². The molecule has 0 aromatic carbocycles. The van der Waals surface area contributed by atoms with Gasteiger partial charge < -0.3 is 0 Å². The second-order valence-corrected chi connectivity index (χ2v) is 6.29. The molecular weight excluding hydrogens is 198 g/mol. The predicted octanol–water partition coefficient (Wildman–Crippen LogP) is 1.42. The minimum absolute atomic E-state index is 0.0556. The van der Waals surface area contributed by atoms with E-state index in [4.69, 9.17) is 0 Å². The van der Waals surface area contributed by atoms with Gasteiger partial charge in [0.1, 0.15) is 0 Å². The van der Waals surface area contributed by atoms with Crippen molar-refractivity contribution in [1.82, 2.24) is 4.90 Å². The van der Waals surface area contributed by atoms with Crippen molar-refractivity contribution in [3.05, 3.63) is 11.5 Å². The average molecular weight is 217 g/mol. The number of nitrogens with zero attached hydrogens (tertiary/aromatic N) is 1. The molecule has 0 fully saturated rings. The third kappa shape index (κ3) is 2.58. The maximum Gasteiger partial charge on any atom is 0.173 e. The molecule has 14 heavy (non-hydrogen) atoms. The fourth-order valence-corrected chi connectivity index (χ4v) is 3.40. The van der Waals surface area contributed by atoms with Gasteiger partial charge in [-0.15, -0.1) is 0 Å². The van der Waals surface area contributed by atoms with E-state index < -0.39 is 9.84 Å². The SMILES string of the molecule is CC(C)N(C(C)C)C1C=CS(=O)(=O)C1. The van der Waals surface area contributed by atoms with E-state index in [1.54, 1.807) is 6.08 Å². The maximum atomic E-state index is 11.3. The largest absolute Gasteiger partial charge is 0.291 e. The molecule has 1 unspecified atom stereocenters. The first-order valence-electron chi connectivity index (χ1n) is 5.02. The van der Waals surface area contributed by atoms with Gasteiger partial charge in [-0.05, 0) is 27.7 Å². The molecule has 1 rings (SSSR count). The summed E-state index contributed by atoms with van der Waals surface area (Å²) in [6, 6.07) is 0.802. The third-order valence-electron chi connectivity index (χ3n) is 2.49. The second kappa shape index (κ2) is 4.03. The Balaban J connectivity index is 2.79. The highest BCUT2D eigenvalue weighted by atomic mass is 32.2. The van der Waals surface area contributed by atoms with Crippen LogP contribution in [0.15, 0.2) is 11.5 Å². The summed E-state index contributed by atoms with van der Waals surface area (Å²) in [5, 5.41) is 1.34. The first kappa shape index (κ1) is 11.7. The zero-order valence-electron chi connectivity index (χ0n) is 9.27. The molecule has 0 aromatic heterocycles. The van der Waals surface area contributed by atoms with Crippen molar-refractivity contribution in [2.75, 3.05) is 5.75 Å². The van der Waals surface area contributed by atoms with Gasteiger partial charge in [0, 0.05) is 23.5 Å². The van der Waals surface area contributed by atoms with Gasteiger partial charge in [-0.25, -0.2) is 8.42 Å². The molecule has 4 heteroatoms. The first-order valence-corrected chi connectivity index (χ1v) is 6.73. The summed E-state index contributed by atoms with van der Waals surface area (Å²) in [6.07, 6.45) is 1.80. The first-order chi connectivity index (χ1) is 6.33.